The summed E-state index contributed by atoms with van der Waals surface area (Å²) in [6.45, 7) is 2.05. The SMILES string of the molecule is CCS(=O)(=O)CCNCc1ncncc1C(=O)O. The molecule has 0 spiro atoms. The number of nitrogens with zero attached hydrogens (tertiary/aromatic N) is 2. The first-order chi connectivity index (χ1) is 8.46. The Bertz CT molecular complexity index is 516. The van der Waals surface area contributed by atoms with Crippen LogP contribution in [-0.2, 0) is 16.4 Å². The summed E-state index contributed by atoms with van der Waals surface area (Å²) >= 11 is 0. The van der Waals surface area contributed by atoms with E-state index in [1.807, 2.05) is 0 Å². The average Bonchev–Trinajstić information content (AvgIpc) is 2.35. The van der Waals surface area contributed by atoms with Crippen molar-refractivity contribution in [1.29, 1.82) is 0 Å². The van der Waals surface area contributed by atoms with Crippen LogP contribution in [0.5, 0.6) is 0 Å². The predicted octanol–water partition coefficient (Wildman–Crippen LogP) is -0.301. The molecule has 7 nitrogen and oxygen atoms in total. The zero-order chi connectivity index (χ0) is 13.6. The first-order valence-corrected chi connectivity index (χ1v) is 7.21. The van der Waals surface area contributed by atoms with Crippen LogP contribution in [0.15, 0.2) is 12.5 Å². The van der Waals surface area contributed by atoms with E-state index in [0.717, 1.165) is 0 Å². The summed E-state index contributed by atoms with van der Waals surface area (Å²) in [5.41, 5.74) is 0.356. The van der Waals surface area contributed by atoms with Crippen LogP contribution in [0.2, 0.25) is 0 Å². The maximum absolute atomic E-state index is 11.2. The summed E-state index contributed by atoms with van der Waals surface area (Å²) in [6, 6.07) is 0. The van der Waals surface area contributed by atoms with E-state index in [1.165, 1.54) is 12.5 Å². The highest BCUT2D eigenvalue weighted by Gasteiger charge is 2.11. The Morgan fingerprint density at radius 3 is 2.83 bits per heavy atom. The molecular weight excluding hydrogens is 258 g/mol. The van der Waals surface area contributed by atoms with Gasteiger partial charge in [0.2, 0.25) is 0 Å². The number of carbonyl (C=O) groups is 1. The average molecular weight is 273 g/mol. The number of aromatic carboxylic acids is 1. The Hall–Kier alpha value is -1.54. The maximum Gasteiger partial charge on any atom is 0.339 e. The zero-order valence-corrected chi connectivity index (χ0v) is 10.8. The van der Waals surface area contributed by atoms with Crippen LogP contribution >= 0.6 is 0 Å². The van der Waals surface area contributed by atoms with Crippen LogP contribution in [0, 0.1) is 0 Å². The highest BCUT2D eigenvalue weighted by atomic mass is 32.2. The van der Waals surface area contributed by atoms with Gasteiger partial charge in [0, 0.05) is 25.0 Å². The Balaban J connectivity index is 2.52. The highest BCUT2D eigenvalue weighted by molar-refractivity contribution is 7.91. The molecule has 8 heteroatoms. The van der Waals surface area contributed by atoms with Gasteiger partial charge in [0.25, 0.3) is 0 Å². The monoisotopic (exact) mass is 273 g/mol. The number of sulfone groups is 1. The van der Waals surface area contributed by atoms with Crippen LogP contribution < -0.4 is 5.32 Å². The van der Waals surface area contributed by atoms with Crippen LogP contribution in [0.4, 0.5) is 0 Å². The summed E-state index contributed by atoms with van der Waals surface area (Å²) in [5.74, 6) is -0.979. The quantitative estimate of drug-likeness (QED) is 0.656. The van der Waals surface area contributed by atoms with E-state index < -0.39 is 15.8 Å². The van der Waals surface area contributed by atoms with E-state index in [2.05, 4.69) is 15.3 Å². The van der Waals surface area contributed by atoms with Gasteiger partial charge in [-0.25, -0.2) is 23.2 Å². The van der Waals surface area contributed by atoms with E-state index >= 15 is 0 Å². The number of carboxylic acids is 1. The maximum atomic E-state index is 11.2. The number of carboxylic acid groups (broad SMARTS) is 1. The lowest BCUT2D eigenvalue weighted by atomic mass is 10.2. The molecule has 1 rings (SSSR count). The number of hydrogen-bond donors (Lipinski definition) is 2. The van der Waals surface area contributed by atoms with Crippen LogP contribution in [0.1, 0.15) is 23.0 Å². The fourth-order valence-corrected chi connectivity index (χ4v) is 2.00. The van der Waals surface area contributed by atoms with E-state index in [4.69, 9.17) is 5.11 Å². The van der Waals surface area contributed by atoms with Gasteiger partial charge in [0.05, 0.1) is 11.4 Å². The molecule has 0 bridgehead atoms. The molecule has 0 aliphatic rings. The fraction of sp³-hybridized carbons (Fsp3) is 0.500. The topological polar surface area (TPSA) is 109 Å². The number of nitrogens with one attached hydrogen (secondary N) is 1. The minimum atomic E-state index is -3.01. The Morgan fingerprint density at radius 2 is 2.22 bits per heavy atom. The van der Waals surface area contributed by atoms with E-state index in [1.54, 1.807) is 6.92 Å². The summed E-state index contributed by atoms with van der Waals surface area (Å²) < 4.78 is 22.5. The third-order valence-electron chi connectivity index (χ3n) is 2.35. The molecular formula is C10H15N3O4S. The molecule has 0 amide bonds. The Morgan fingerprint density at radius 1 is 1.50 bits per heavy atom. The third kappa shape index (κ3) is 4.38. The smallest absolute Gasteiger partial charge is 0.339 e. The van der Waals surface area contributed by atoms with Gasteiger partial charge in [-0.15, -0.1) is 0 Å². The highest BCUT2D eigenvalue weighted by Crippen LogP contribution is 2.02. The standard InChI is InChI=1S/C10H15N3O4S/c1-2-18(16,17)4-3-11-6-9-8(10(14)15)5-12-7-13-9/h5,7,11H,2-4,6H2,1H3,(H,14,15). The molecule has 0 aliphatic carbocycles. The second-order valence-electron chi connectivity index (χ2n) is 3.60. The lowest BCUT2D eigenvalue weighted by Crippen LogP contribution is -2.25. The zero-order valence-electron chi connectivity index (χ0n) is 9.96. The molecule has 1 aromatic heterocycles. The van der Waals surface area contributed by atoms with Crippen molar-refractivity contribution in [3.05, 3.63) is 23.8 Å². The van der Waals surface area contributed by atoms with Gasteiger partial charge in [-0.2, -0.15) is 0 Å². The van der Waals surface area contributed by atoms with Crippen molar-refractivity contribution in [2.45, 2.75) is 13.5 Å². The number of aromatic nitrogens is 2. The summed E-state index contributed by atoms with van der Waals surface area (Å²) in [5, 5.41) is 11.7. The van der Waals surface area contributed by atoms with Gasteiger partial charge in [-0.05, 0) is 0 Å². The molecule has 0 aliphatic heterocycles. The predicted molar refractivity (Wildman–Crippen MR) is 65.0 cm³/mol. The first kappa shape index (κ1) is 14.5. The van der Waals surface area contributed by atoms with Crippen molar-refractivity contribution in [1.82, 2.24) is 15.3 Å². The molecule has 0 fully saturated rings. The minimum absolute atomic E-state index is 0.0170. The van der Waals surface area contributed by atoms with Crippen molar-refractivity contribution in [3.63, 3.8) is 0 Å². The van der Waals surface area contributed by atoms with Crippen LogP contribution in [-0.4, -0.2) is 47.5 Å². The Kier molecular flexibility index (Phi) is 5.17. The van der Waals surface area contributed by atoms with Gasteiger partial charge < -0.3 is 10.4 Å². The first-order valence-electron chi connectivity index (χ1n) is 5.39. The molecule has 0 aromatic carbocycles. The van der Waals surface area contributed by atoms with Crippen molar-refractivity contribution in [2.24, 2.45) is 0 Å². The summed E-state index contributed by atoms with van der Waals surface area (Å²) in [7, 11) is -3.01. The summed E-state index contributed by atoms with van der Waals surface area (Å²) in [6.07, 6.45) is 2.47. The van der Waals surface area contributed by atoms with Gasteiger partial charge in [0.1, 0.15) is 11.9 Å². The van der Waals surface area contributed by atoms with Crippen molar-refractivity contribution in [2.75, 3.05) is 18.1 Å². The molecule has 0 saturated carbocycles. The lowest BCUT2D eigenvalue weighted by Gasteiger charge is -2.06. The molecule has 0 radical (unpaired) electrons. The van der Waals surface area contributed by atoms with Gasteiger partial charge >= 0.3 is 5.97 Å². The largest absolute Gasteiger partial charge is 0.478 e. The molecule has 0 saturated heterocycles. The second-order valence-corrected chi connectivity index (χ2v) is 6.07. The molecule has 100 valence electrons. The molecule has 1 heterocycles. The molecule has 0 atom stereocenters. The number of hydrogen-bond acceptors (Lipinski definition) is 6. The van der Waals surface area contributed by atoms with Gasteiger partial charge in [-0.3, -0.25) is 0 Å². The van der Waals surface area contributed by atoms with Gasteiger partial charge in [0.15, 0.2) is 9.84 Å². The van der Waals surface area contributed by atoms with Crippen LogP contribution in [0.3, 0.4) is 0 Å². The second kappa shape index (κ2) is 6.41. The Labute approximate surface area is 105 Å². The third-order valence-corrected chi connectivity index (χ3v) is 4.05. The summed E-state index contributed by atoms with van der Waals surface area (Å²) in [4.78, 5) is 18.3. The normalized spacial score (nSPS) is 11.4. The van der Waals surface area contributed by atoms with Crippen molar-refractivity contribution in [3.8, 4) is 0 Å². The molecule has 0 unspecified atom stereocenters. The minimum Gasteiger partial charge on any atom is -0.478 e. The van der Waals surface area contributed by atoms with Crippen molar-refractivity contribution >= 4 is 15.8 Å². The molecule has 18 heavy (non-hydrogen) atoms. The van der Waals surface area contributed by atoms with E-state index in [-0.39, 0.29) is 30.2 Å². The van der Waals surface area contributed by atoms with E-state index in [0.29, 0.717) is 5.69 Å². The lowest BCUT2D eigenvalue weighted by molar-refractivity contribution is 0.0694. The number of rotatable bonds is 7. The van der Waals surface area contributed by atoms with E-state index in [9.17, 15) is 13.2 Å². The van der Waals surface area contributed by atoms with Crippen molar-refractivity contribution < 1.29 is 18.3 Å². The van der Waals surface area contributed by atoms with Crippen LogP contribution in [0.25, 0.3) is 0 Å². The van der Waals surface area contributed by atoms with Gasteiger partial charge in [-0.1, -0.05) is 6.92 Å². The fourth-order valence-electron chi connectivity index (χ4n) is 1.25. The molecule has 2 N–H and O–H groups in total. The molecule has 1 aromatic rings.